The molecule has 9 heteroatoms. The average molecular weight is 445 g/mol. The summed E-state index contributed by atoms with van der Waals surface area (Å²) in [5.74, 6) is 0.282. The number of nitrogens with one attached hydrogen (secondary N) is 1. The molecule has 0 spiro atoms. The van der Waals surface area contributed by atoms with E-state index in [4.69, 9.17) is 27.9 Å². The van der Waals surface area contributed by atoms with Gasteiger partial charge in [0.1, 0.15) is 12.3 Å². The summed E-state index contributed by atoms with van der Waals surface area (Å²) in [5.41, 5.74) is 1.05. The van der Waals surface area contributed by atoms with E-state index in [0.717, 1.165) is 21.9 Å². The Morgan fingerprint density at radius 3 is 2.32 bits per heavy atom. The summed E-state index contributed by atoms with van der Waals surface area (Å²) in [6, 6.07) is 11.7. The molecule has 152 valence electrons. The van der Waals surface area contributed by atoms with Gasteiger partial charge in [-0.15, -0.1) is 0 Å². The second-order valence-corrected chi connectivity index (χ2v) is 9.20. The molecule has 0 aliphatic rings. The number of carbonyl (C=O) groups excluding carboxylic acids is 1. The first-order valence-corrected chi connectivity index (χ1v) is 11.1. The molecule has 1 amide bonds. The smallest absolute Gasteiger partial charge is 0.241 e. The minimum absolute atomic E-state index is 0.0761. The van der Waals surface area contributed by atoms with E-state index in [1.54, 1.807) is 0 Å². The zero-order chi connectivity index (χ0) is 20.9. The van der Waals surface area contributed by atoms with Gasteiger partial charge < -0.3 is 10.1 Å². The fourth-order valence-electron chi connectivity index (χ4n) is 2.41. The van der Waals surface area contributed by atoms with E-state index in [1.165, 1.54) is 18.2 Å². The van der Waals surface area contributed by atoms with Crippen molar-refractivity contribution in [3.63, 3.8) is 0 Å². The summed E-state index contributed by atoms with van der Waals surface area (Å²) >= 11 is 12.0. The van der Waals surface area contributed by atoms with Crippen LogP contribution in [0.15, 0.2) is 42.5 Å². The quantitative estimate of drug-likeness (QED) is 0.670. The van der Waals surface area contributed by atoms with Crippen molar-refractivity contribution in [2.45, 2.75) is 26.5 Å². The van der Waals surface area contributed by atoms with Crippen LogP contribution in [0.1, 0.15) is 19.4 Å². The second-order valence-electron chi connectivity index (χ2n) is 6.45. The number of benzene rings is 2. The van der Waals surface area contributed by atoms with Crippen molar-refractivity contribution >= 4 is 44.8 Å². The highest BCUT2D eigenvalue weighted by atomic mass is 35.5. The van der Waals surface area contributed by atoms with Gasteiger partial charge in [-0.05, 0) is 49.7 Å². The predicted molar refractivity (Wildman–Crippen MR) is 113 cm³/mol. The first-order chi connectivity index (χ1) is 13.1. The summed E-state index contributed by atoms with van der Waals surface area (Å²) in [4.78, 5) is 12.3. The SMILES string of the molecule is CC(C)Oc1ccc(CNC(=O)CN(c2ccc(Cl)cc2Cl)S(C)(=O)=O)cc1. The number of hydrogen-bond acceptors (Lipinski definition) is 4. The third-order valence-electron chi connectivity index (χ3n) is 3.65. The second kappa shape index (κ2) is 9.49. The lowest BCUT2D eigenvalue weighted by Crippen LogP contribution is -2.40. The van der Waals surface area contributed by atoms with Gasteiger partial charge in [-0.2, -0.15) is 0 Å². The minimum Gasteiger partial charge on any atom is -0.491 e. The standard InChI is InChI=1S/C19H22Cl2N2O4S/c1-13(2)27-16-7-4-14(5-8-16)11-22-19(24)12-23(28(3,25)26)18-9-6-15(20)10-17(18)21/h4-10,13H,11-12H2,1-3H3,(H,22,24). The van der Waals surface area contributed by atoms with E-state index in [9.17, 15) is 13.2 Å². The molecule has 1 N–H and O–H groups in total. The molecule has 2 rings (SSSR count). The number of anilines is 1. The van der Waals surface area contributed by atoms with Crippen LogP contribution < -0.4 is 14.4 Å². The Morgan fingerprint density at radius 2 is 1.79 bits per heavy atom. The molecule has 0 aliphatic heterocycles. The fourth-order valence-corrected chi connectivity index (χ4v) is 3.84. The van der Waals surface area contributed by atoms with Crippen molar-refractivity contribution in [2.24, 2.45) is 0 Å². The Balaban J connectivity index is 2.04. The Morgan fingerprint density at radius 1 is 1.14 bits per heavy atom. The summed E-state index contributed by atoms with van der Waals surface area (Å²) < 4.78 is 30.8. The molecule has 0 fully saturated rings. The summed E-state index contributed by atoms with van der Waals surface area (Å²) in [7, 11) is -3.72. The van der Waals surface area contributed by atoms with Gasteiger partial charge in [0.25, 0.3) is 0 Å². The van der Waals surface area contributed by atoms with Crippen molar-refractivity contribution < 1.29 is 17.9 Å². The molecule has 6 nitrogen and oxygen atoms in total. The topological polar surface area (TPSA) is 75.7 Å². The van der Waals surface area contributed by atoms with Gasteiger partial charge in [0, 0.05) is 11.6 Å². The van der Waals surface area contributed by atoms with Crippen LogP contribution in [0.3, 0.4) is 0 Å². The Hall–Kier alpha value is -1.96. The molecule has 2 aromatic rings. The average Bonchev–Trinajstić information content (AvgIpc) is 2.58. The molecule has 0 radical (unpaired) electrons. The van der Waals surface area contributed by atoms with E-state index >= 15 is 0 Å². The molecule has 0 heterocycles. The molecule has 0 aromatic heterocycles. The minimum atomic E-state index is -3.72. The molecule has 0 saturated heterocycles. The van der Waals surface area contributed by atoms with Gasteiger partial charge >= 0.3 is 0 Å². The van der Waals surface area contributed by atoms with E-state index in [-0.39, 0.29) is 23.4 Å². The van der Waals surface area contributed by atoms with Crippen molar-refractivity contribution in [2.75, 3.05) is 17.1 Å². The van der Waals surface area contributed by atoms with Crippen LogP contribution in [0.5, 0.6) is 5.75 Å². The van der Waals surface area contributed by atoms with E-state index < -0.39 is 22.5 Å². The third kappa shape index (κ3) is 6.58. The summed E-state index contributed by atoms with van der Waals surface area (Å²) in [5, 5.41) is 3.22. The highest BCUT2D eigenvalue weighted by Crippen LogP contribution is 2.30. The number of amides is 1. The number of rotatable bonds is 8. The number of sulfonamides is 1. The monoisotopic (exact) mass is 444 g/mol. The largest absolute Gasteiger partial charge is 0.491 e. The lowest BCUT2D eigenvalue weighted by Gasteiger charge is -2.23. The van der Waals surface area contributed by atoms with Crippen molar-refractivity contribution in [1.82, 2.24) is 5.32 Å². The zero-order valence-electron chi connectivity index (χ0n) is 15.8. The van der Waals surface area contributed by atoms with E-state index in [2.05, 4.69) is 5.32 Å². The van der Waals surface area contributed by atoms with Crippen molar-refractivity contribution in [1.29, 1.82) is 0 Å². The Labute approximate surface area is 175 Å². The maximum atomic E-state index is 12.3. The van der Waals surface area contributed by atoms with E-state index in [1.807, 2.05) is 38.1 Å². The van der Waals surface area contributed by atoms with Crippen LogP contribution >= 0.6 is 23.2 Å². The molecule has 0 atom stereocenters. The third-order valence-corrected chi connectivity index (χ3v) is 5.32. The lowest BCUT2D eigenvalue weighted by atomic mass is 10.2. The fraction of sp³-hybridized carbons (Fsp3) is 0.316. The van der Waals surface area contributed by atoms with Gasteiger partial charge in [0.05, 0.1) is 23.1 Å². The number of carbonyl (C=O) groups is 1. The van der Waals surface area contributed by atoms with Crippen LogP contribution in [0, 0.1) is 0 Å². The van der Waals surface area contributed by atoms with Gasteiger partial charge in [0.15, 0.2) is 0 Å². The molecule has 0 bridgehead atoms. The summed E-state index contributed by atoms with van der Waals surface area (Å²) in [6.45, 7) is 3.74. The maximum Gasteiger partial charge on any atom is 0.241 e. The van der Waals surface area contributed by atoms with Crippen LogP contribution in [-0.4, -0.2) is 33.2 Å². The number of ether oxygens (including phenoxy) is 1. The predicted octanol–water partition coefficient (Wildman–Crippen LogP) is 3.86. The molecular weight excluding hydrogens is 423 g/mol. The molecule has 0 unspecified atom stereocenters. The number of hydrogen-bond donors (Lipinski definition) is 1. The Kier molecular flexibility index (Phi) is 7.57. The first-order valence-electron chi connectivity index (χ1n) is 8.51. The van der Waals surface area contributed by atoms with Crippen molar-refractivity contribution in [3.8, 4) is 5.75 Å². The molecule has 0 saturated carbocycles. The van der Waals surface area contributed by atoms with Crippen molar-refractivity contribution in [3.05, 3.63) is 58.1 Å². The van der Waals surface area contributed by atoms with E-state index in [0.29, 0.717) is 5.02 Å². The highest BCUT2D eigenvalue weighted by molar-refractivity contribution is 7.92. The normalized spacial score (nSPS) is 11.4. The number of halogens is 2. The Bertz CT molecular complexity index is 931. The molecule has 0 aliphatic carbocycles. The van der Waals surface area contributed by atoms with Gasteiger partial charge in [-0.25, -0.2) is 8.42 Å². The van der Waals surface area contributed by atoms with Gasteiger partial charge in [0.2, 0.25) is 15.9 Å². The molecular formula is C19H22Cl2N2O4S. The zero-order valence-corrected chi connectivity index (χ0v) is 18.1. The van der Waals surface area contributed by atoms with Crippen LogP contribution in [0.4, 0.5) is 5.69 Å². The maximum absolute atomic E-state index is 12.3. The van der Waals surface area contributed by atoms with Crippen LogP contribution in [0.25, 0.3) is 0 Å². The first kappa shape index (κ1) is 22.3. The van der Waals surface area contributed by atoms with Crippen LogP contribution in [-0.2, 0) is 21.4 Å². The lowest BCUT2D eigenvalue weighted by molar-refractivity contribution is -0.119. The number of nitrogens with zero attached hydrogens (tertiary/aromatic N) is 1. The molecule has 2 aromatic carbocycles. The highest BCUT2D eigenvalue weighted by Gasteiger charge is 2.23. The van der Waals surface area contributed by atoms with Crippen LogP contribution in [0.2, 0.25) is 10.0 Å². The summed E-state index contributed by atoms with van der Waals surface area (Å²) in [6.07, 6.45) is 1.09. The van der Waals surface area contributed by atoms with Gasteiger partial charge in [-0.1, -0.05) is 35.3 Å². The van der Waals surface area contributed by atoms with Gasteiger partial charge in [-0.3, -0.25) is 9.10 Å². The molecule has 28 heavy (non-hydrogen) atoms.